The van der Waals surface area contributed by atoms with Crippen molar-refractivity contribution < 1.29 is 22.7 Å². The van der Waals surface area contributed by atoms with Crippen molar-refractivity contribution in [1.82, 2.24) is 9.97 Å². The molecule has 1 heterocycles. The Kier molecular flexibility index (Phi) is 4.51. The molecule has 0 aliphatic heterocycles. The van der Waals surface area contributed by atoms with Crippen LogP contribution in [0.15, 0.2) is 54.9 Å². The van der Waals surface area contributed by atoms with Gasteiger partial charge in [-0.25, -0.2) is 9.97 Å². The lowest BCUT2D eigenvalue weighted by Gasteiger charge is -2.10. The van der Waals surface area contributed by atoms with Gasteiger partial charge in [0.25, 0.3) is 5.91 Å². The van der Waals surface area contributed by atoms with E-state index in [-0.39, 0.29) is 11.6 Å². The number of carbonyl (C=O) groups is 1. The Hall–Kier alpha value is -3.16. The van der Waals surface area contributed by atoms with Crippen LogP contribution in [0.5, 0.6) is 5.88 Å². The van der Waals surface area contributed by atoms with E-state index < -0.39 is 24.3 Å². The van der Waals surface area contributed by atoms with Gasteiger partial charge in [-0.05, 0) is 30.3 Å². The Morgan fingerprint density at radius 2 is 1.88 bits per heavy atom. The number of nitrogens with zero attached hydrogens (tertiary/aromatic N) is 2. The summed E-state index contributed by atoms with van der Waals surface area (Å²) < 4.78 is 43.4. The van der Waals surface area contributed by atoms with Gasteiger partial charge in [0.05, 0.1) is 16.5 Å². The van der Waals surface area contributed by atoms with E-state index in [1.807, 2.05) is 0 Å². The van der Waals surface area contributed by atoms with E-state index in [9.17, 15) is 18.0 Å². The van der Waals surface area contributed by atoms with E-state index in [1.165, 1.54) is 18.5 Å². The highest BCUT2D eigenvalue weighted by Crippen LogP contribution is 2.30. The van der Waals surface area contributed by atoms with Gasteiger partial charge in [-0.15, -0.1) is 0 Å². The molecule has 1 aromatic heterocycles. The first-order chi connectivity index (χ1) is 11.9. The second-order valence-corrected chi connectivity index (χ2v) is 5.11. The minimum absolute atomic E-state index is 0.0379. The summed E-state index contributed by atoms with van der Waals surface area (Å²) >= 11 is 0. The number of amides is 1. The number of hydrogen-bond donors (Lipinski definition) is 1. The molecule has 2 aromatic carbocycles. The Morgan fingerprint density at radius 3 is 2.68 bits per heavy atom. The highest BCUT2D eigenvalue weighted by atomic mass is 19.4. The summed E-state index contributed by atoms with van der Waals surface area (Å²) in [5.74, 6) is -0.369. The van der Waals surface area contributed by atoms with Crippen molar-refractivity contribution in [3.8, 4) is 5.88 Å². The molecule has 0 bridgehead atoms. The van der Waals surface area contributed by atoms with Crippen molar-refractivity contribution in [2.24, 2.45) is 0 Å². The Morgan fingerprint density at radius 1 is 1.08 bits per heavy atom. The molecular formula is C17H12F3N3O2. The number of aromatic nitrogens is 2. The summed E-state index contributed by atoms with van der Waals surface area (Å²) in [7, 11) is 0. The predicted molar refractivity (Wildman–Crippen MR) is 85.1 cm³/mol. The molecule has 0 fully saturated rings. The Bertz CT molecular complexity index is 908. The maximum Gasteiger partial charge on any atom is 0.416 e. The van der Waals surface area contributed by atoms with Gasteiger partial charge >= 0.3 is 6.18 Å². The molecular weight excluding hydrogens is 335 g/mol. The molecule has 0 radical (unpaired) electrons. The zero-order valence-corrected chi connectivity index (χ0v) is 12.7. The van der Waals surface area contributed by atoms with Crippen LogP contribution < -0.4 is 10.1 Å². The monoisotopic (exact) mass is 347 g/mol. The smallest absolute Gasteiger partial charge is 0.416 e. The maximum absolute atomic E-state index is 12.7. The van der Waals surface area contributed by atoms with E-state index in [2.05, 4.69) is 15.3 Å². The number of alkyl halides is 3. The molecule has 0 atom stereocenters. The van der Waals surface area contributed by atoms with Gasteiger partial charge in [-0.1, -0.05) is 18.2 Å². The summed E-state index contributed by atoms with van der Waals surface area (Å²) in [6, 6.07) is 11.5. The van der Waals surface area contributed by atoms with Crippen molar-refractivity contribution >= 4 is 22.5 Å². The standard InChI is InChI=1S/C17H12F3N3O2/c18-17(19,20)11-4-3-5-12(8-11)23-15(24)9-25-16-13-6-1-2-7-14(13)21-10-22-16/h1-8,10H,9H2,(H,23,24). The van der Waals surface area contributed by atoms with Crippen LogP contribution in [0.3, 0.4) is 0 Å². The van der Waals surface area contributed by atoms with Gasteiger partial charge < -0.3 is 10.1 Å². The lowest BCUT2D eigenvalue weighted by Crippen LogP contribution is -2.21. The van der Waals surface area contributed by atoms with Crippen LogP contribution in [-0.2, 0) is 11.0 Å². The lowest BCUT2D eigenvalue weighted by molar-refractivity contribution is -0.137. The molecule has 128 valence electrons. The molecule has 0 aliphatic rings. The van der Waals surface area contributed by atoms with E-state index >= 15 is 0 Å². The topological polar surface area (TPSA) is 64.1 Å². The van der Waals surface area contributed by atoms with Gasteiger partial charge in [-0.2, -0.15) is 13.2 Å². The van der Waals surface area contributed by atoms with E-state index in [4.69, 9.17) is 4.74 Å². The zero-order valence-electron chi connectivity index (χ0n) is 12.7. The predicted octanol–water partition coefficient (Wildman–Crippen LogP) is 3.67. The first-order valence-corrected chi connectivity index (χ1v) is 7.23. The Labute approximate surface area is 140 Å². The first-order valence-electron chi connectivity index (χ1n) is 7.23. The van der Waals surface area contributed by atoms with Crippen LogP contribution >= 0.6 is 0 Å². The highest BCUT2D eigenvalue weighted by molar-refractivity contribution is 5.92. The van der Waals surface area contributed by atoms with Gasteiger partial charge in [0, 0.05) is 5.69 Å². The van der Waals surface area contributed by atoms with Crippen molar-refractivity contribution in [1.29, 1.82) is 0 Å². The summed E-state index contributed by atoms with van der Waals surface area (Å²) in [5, 5.41) is 3.00. The summed E-state index contributed by atoms with van der Waals surface area (Å²) in [4.78, 5) is 20.0. The number of ether oxygens (including phenoxy) is 1. The molecule has 0 saturated carbocycles. The van der Waals surface area contributed by atoms with Crippen LogP contribution in [0.25, 0.3) is 10.9 Å². The fraction of sp³-hybridized carbons (Fsp3) is 0.118. The normalized spacial score (nSPS) is 11.3. The lowest BCUT2D eigenvalue weighted by atomic mass is 10.2. The van der Waals surface area contributed by atoms with Gasteiger partial charge in [0.1, 0.15) is 6.33 Å². The van der Waals surface area contributed by atoms with Crippen LogP contribution in [-0.4, -0.2) is 22.5 Å². The zero-order chi connectivity index (χ0) is 17.9. The van der Waals surface area contributed by atoms with Crippen molar-refractivity contribution in [3.05, 3.63) is 60.4 Å². The van der Waals surface area contributed by atoms with Crippen molar-refractivity contribution in [3.63, 3.8) is 0 Å². The summed E-state index contributed by atoms with van der Waals surface area (Å²) in [5.41, 5.74) is -0.144. The number of anilines is 1. The number of carbonyl (C=O) groups excluding carboxylic acids is 1. The molecule has 1 amide bonds. The molecule has 25 heavy (non-hydrogen) atoms. The number of nitrogens with one attached hydrogen (secondary N) is 1. The Balaban J connectivity index is 1.67. The van der Waals surface area contributed by atoms with Gasteiger partial charge in [0.15, 0.2) is 6.61 Å². The largest absolute Gasteiger partial charge is 0.467 e. The van der Waals surface area contributed by atoms with Crippen LogP contribution in [0.1, 0.15) is 5.56 Å². The quantitative estimate of drug-likeness (QED) is 0.782. The summed E-state index contributed by atoms with van der Waals surface area (Å²) in [6.45, 7) is -0.392. The third-order valence-corrected chi connectivity index (χ3v) is 3.32. The van der Waals surface area contributed by atoms with E-state index in [0.717, 1.165) is 12.1 Å². The fourth-order valence-corrected chi connectivity index (χ4v) is 2.20. The third kappa shape index (κ3) is 4.03. The van der Waals surface area contributed by atoms with Crippen LogP contribution in [0.4, 0.5) is 18.9 Å². The van der Waals surface area contributed by atoms with Crippen molar-refractivity contribution in [2.75, 3.05) is 11.9 Å². The first kappa shape index (κ1) is 16.7. The van der Waals surface area contributed by atoms with E-state index in [1.54, 1.807) is 24.3 Å². The second-order valence-electron chi connectivity index (χ2n) is 5.11. The minimum atomic E-state index is -4.48. The number of benzene rings is 2. The van der Waals surface area contributed by atoms with E-state index in [0.29, 0.717) is 10.9 Å². The minimum Gasteiger partial charge on any atom is -0.467 e. The molecule has 3 rings (SSSR count). The number of hydrogen-bond acceptors (Lipinski definition) is 4. The molecule has 5 nitrogen and oxygen atoms in total. The number of halogens is 3. The van der Waals surface area contributed by atoms with Crippen LogP contribution in [0, 0.1) is 0 Å². The average molecular weight is 347 g/mol. The molecule has 0 spiro atoms. The fourth-order valence-electron chi connectivity index (χ4n) is 2.20. The summed E-state index contributed by atoms with van der Waals surface area (Å²) in [6.07, 6.45) is -3.17. The molecule has 3 aromatic rings. The SMILES string of the molecule is O=C(COc1ncnc2ccccc12)Nc1cccc(C(F)(F)F)c1. The van der Waals surface area contributed by atoms with Crippen LogP contribution in [0.2, 0.25) is 0 Å². The van der Waals surface area contributed by atoms with Crippen molar-refractivity contribution in [2.45, 2.75) is 6.18 Å². The highest BCUT2D eigenvalue weighted by Gasteiger charge is 2.30. The maximum atomic E-state index is 12.7. The number of rotatable bonds is 4. The molecule has 0 unspecified atom stereocenters. The molecule has 0 aliphatic carbocycles. The van der Waals surface area contributed by atoms with Gasteiger partial charge in [-0.3, -0.25) is 4.79 Å². The molecule has 8 heteroatoms. The average Bonchev–Trinajstić information content (AvgIpc) is 2.59. The molecule has 1 N–H and O–H groups in total. The third-order valence-electron chi connectivity index (χ3n) is 3.32. The number of para-hydroxylation sites is 1. The second kappa shape index (κ2) is 6.76. The number of fused-ring (bicyclic) bond motifs is 1. The molecule has 0 saturated heterocycles. The van der Waals surface area contributed by atoms with Gasteiger partial charge in [0.2, 0.25) is 5.88 Å².